The maximum Gasteiger partial charge on any atom is 0.283 e. The summed E-state index contributed by atoms with van der Waals surface area (Å²) in [4.78, 5) is 41.7. The first kappa shape index (κ1) is 24.0. The lowest BCUT2D eigenvalue weighted by atomic mass is 10.1. The lowest BCUT2D eigenvalue weighted by Gasteiger charge is -2.22. The van der Waals surface area contributed by atoms with Gasteiger partial charge >= 0.3 is 0 Å². The minimum atomic E-state index is -0.631. The maximum atomic E-state index is 13.3. The van der Waals surface area contributed by atoms with Gasteiger partial charge in [-0.1, -0.05) is 29.8 Å². The number of benzene rings is 3. The Morgan fingerprint density at radius 2 is 1.71 bits per heavy atom. The van der Waals surface area contributed by atoms with Crippen LogP contribution in [-0.2, 0) is 9.59 Å². The first-order valence-corrected chi connectivity index (χ1v) is 11.4. The summed E-state index contributed by atoms with van der Waals surface area (Å²) in [6, 6.07) is 21.0. The zero-order chi connectivity index (χ0) is 25.1. The first-order valence-electron chi connectivity index (χ1n) is 11.0. The van der Waals surface area contributed by atoms with Crippen LogP contribution in [-0.4, -0.2) is 31.4 Å². The quantitative estimate of drug-likeness (QED) is 0.467. The highest BCUT2D eigenvalue weighted by molar-refractivity contribution is 6.53. The number of hydrogen-bond donors (Lipinski definition) is 1. The van der Waals surface area contributed by atoms with E-state index in [4.69, 9.17) is 16.3 Å². The van der Waals surface area contributed by atoms with E-state index in [-0.39, 0.29) is 16.6 Å². The molecule has 7 nitrogen and oxygen atoms in total. The molecule has 0 aliphatic carbocycles. The number of aryl methyl sites for hydroxylation is 1. The van der Waals surface area contributed by atoms with Crippen LogP contribution in [0.1, 0.15) is 22.8 Å². The molecule has 1 aliphatic rings. The van der Waals surface area contributed by atoms with Crippen LogP contribution in [0.4, 0.5) is 17.1 Å². The molecule has 3 amide bonds. The summed E-state index contributed by atoms with van der Waals surface area (Å²) in [5.41, 5.74) is 3.06. The zero-order valence-corrected chi connectivity index (χ0v) is 20.3. The normalized spacial score (nSPS) is 13.3. The molecule has 1 heterocycles. The fourth-order valence-electron chi connectivity index (χ4n) is 3.85. The Labute approximate surface area is 208 Å². The van der Waals surface area contributed by atoms with Gasteiger partial charge in [0.2, 0.25) is 0 Å². The monoisotopic (exact) mass is 489 g/mol. The van der Waals surface area contributed by atoms with E-state index in [1.807, 2.05) is 38.1 Å². The smallest absolute Gasteiger partial charge is 0.283 e. The molecule has 0 atom stereocenters. The van der Waals surface area contributed by atoms with Crippen LogP contribution >= 0.6 is 11.6 Å². The zero-order valence-electron chi connectivity index (χ0n) is 19.5. The fraction of sp³-hybridized carbons (Fsp3) is 0.148. The van der Waals surface area contributed by atoms with Gasteiger partial charge in [0, 0.05) is 23.5 Å². The van der Waals surface area contributed by atoms with Crippen molar-refractivity contribution in [3.63, 3.8) is 0 Å². The molecule has 0 radical (unpaired) electrons. The molecule has 0 aromatic heterocycles. The number of carbonyl (C=O) groups is 3. The third-order valence-electron chi connectivity index (χ3n) is 5.61. The van der Waals surface area contributed by atoms with Crippen molar-refractivity contribution in [3.05, 3.63) is 94.7 Å². The van der Waals surface area contributed by atoms with Gasteiger partial charge in [-0.3, -0.25) is 14.4 Å². The van der Waals surface area contributed by atoms with Gasteiger partial charge < -0.3 is 15.0 Å². The van der Waals surface area contributed by atoms with Gasteiger partial charge in [0.25, 0.3) is 17.7 Å². The molecule has 0 unspecified atom stereocenters. The maximum absolute atomic E-state index is 13.3. The summed E-state index contributed by atoms with van der Waals surface area (Å²) in [6.07, 6.45) is 0. The summed E-state index contributed by atoms with van der Waals surface area (Å²) >= 11 is 6.25. The van der Waals surface area contributed by atoms with Crippen LogP contribution in [0.25, 0.3) is 0 Å². The third kappa shape index (κ3) is 4.76. The molecule has 0 fully saturated rings. The van der Waals surface area contributed by atoms with E-state index in [2.05, 4.69) is 5.32 Å². The molecule has 0 spiro atoms. The van der Waals surface area contributed by atoms with Gasteiger partial charge in [-0.2, -0.15) is 0 Å². The van der Waals surface area contributed by atoms with E-state index >= 15 is 0 Å². The second kappa shape index (κ2) is 10.0. The minimum Gasteiger partial charge on any atom is -0.497 e. The van der Waals surface area contributed by atoms with Gasteiger partial charge in [0.05, 0.1) is 12.8 Å². The molecule has 0 saturated carbocycles. The van der Waals surface area contributed by atoms with Crippen LogP contribution in [0.5, 0.6) is 5.75 Å². The van der Waals surface area contributed by atoms with Crippen LogP contribution in [0.2, 0.25) is 0 Å². The predicted molar refractivity (Wildman–Crippen MR) is 137 cm³/mol. The summed E-state index contributed by atoms with van der Waals surface area (Å²) < 4.78 is 5.13. The molecule has 4 rings (SSSR count). The van der Waals surface area contributed by atoms with Crippen molar-refractivity contribution in [2.45, 2.75) is 13.8 Å². The van der Waals surface area contributed by atoms with Crippen LogP contribution < -0.4 is 19.9 Å². The largest absolute Gasteiger partial charge is 0.497 e. The average Bonchev–Trinajstić information content (AvgIpc) is 3.07. The van der Waals surface area contributed by atoms with Crippen molar-refractivity contribution in [2.24, 2.45) is 0 Å². The van der Waals surface area contributed by atoms with Gasteiger partial charge in [0.15, 0.2) is 0 Å². The summed E-state index contributed by atoms with van der Waals surface area (Å²) in [7, 11) is 1.53. The number of nitrogens with one attached hydrogen (secondary N) is 1. The molecule has 1 aliphatic heterocycles. The molecule has 35 heavy (non-hydrogen) atoms. The highest BCUT2D eigenvalue weighted by Gasteiger charge is 2.39. The molecular weight excluding hydrogens is 466 g/mol. The van der Waals surface area contributed by atoms with Crippen LogP contribution in [0.3, 0.4) is 0 Å². The topological polar surface area (TPSA) is 79.0 Å². The molecular formula is C27H24ClN3O4. The van der Waals surface area contributed by atoms with Crippen LogP contribution in [0, 0.1) is 6.92 Å². The van der Waals surface area contributed by atoms with E-state index in [9.17, 15) is 14.4 Å². The number of hydrogen-bond acceptors (Lipinski definition) is 5. The lowest BCUT2D eigenvalue weighted by Crippen LogP contribution is -2.32. The van der Waals surface area contributed by atoms with Crippen molar-refractivity contribution >= 4 is 46.4 Å². The number of anilines is 3. The van der Waals surface area contributed by atoms with E-state index in [0.717, 1.165) is 16.2 Å². The number of nitrogens with zero attached hydrogens (tertiary/aromatic N) is 2. The van der Waals surface area contributed by atoms with E-state index in [1.54, 1.807) is 53.4 Å². The Kier molecular flexibility index (Phi) is 6.89. The number of amides is 3. The van der Waals surface area contributed by atoms with E-state index in [0.29, 0.717) is 29.2 Å². The van der Waals surface area contributed by atoms with Crippen molar-refractivity contribution < 1.29 is 19.1 Å². The molecule has 178 valence electrons. The van der Waals surface area contributed by atoms with Crippen molar-refractivity contribution in [1.29, 1.82) is 0 Å². The molecule has 0 bridgehead atoms. The highest BCUT2D eigenvalue weighted by atomic mass is 35.5. The summed E-state index contributed by atoms with van der Waals surface area (Å²) in [6.45, 7) is 4.36. The number of rotatable bonds is 7. The van der Waals surface area contributed by atoms with Crippen molar-refractivity contribution in [2.75, 3.05) is 28.8 Å². The fourth-order valence-corrected chi connectivity index (χ4v) is 4.06. The SMILES string of the molecule is CCN(C(=O)c1cccc(NC2=C(Cl)C(=O)N(c3ccc(OC)cc3)C2=O)c1)c1cccc(C)c1. The molecule has 0 saturated heterocycles. The average molecular weight is 490 g/mol. The number of halogens is 1. The van der Waals surface area contributed by atoms with E-state index < -0.39 is 11.8 Å². The van der Waals surface area contributed by atoms with Crippen LogP contribution in [0.15, 0.2) is 83.5 Å². The Morgan fingerprint density at radius 3 is 2.37 bits per heavy atom. The second-order valence-electron chi connectivity index (χ2n) is 7.93. The van der Waals surface area contributed by atoms with E-state index in [1.165, 1.54) is 7.11 Å². The number of imide groups is 1. The summed E-state index contributed by atoms with van der Waals surface area (Å²) in [5.74, 6) is -0.806. The van der Waals surface area contributed by atoms with Gasteiger partial charge in [-0.05, 0) is 74.0 Å². The van der Waals surface area contributed by atoms with Crippen molar-refractivity contribution in [1.82, 2.24) is 0 Å². The Hall–Kier alpha value is -4.10. The molecule has 3 aromatic rings. The molecule has 1 N–H and O–H groups in total. The minimum absolute atomic E-state index is 0.0527. The first-order chi connectivity index (χ1) is 16.8. The number of methoxy groups -OCH3 is 1. The van der Waals surface area contributed by atoms with Crippen molar-refractivity contribution in [3.8, 4) is 5.75 Å². The number of carbonyl (C=O) groups excluding carboxylic acids is 3. The Bertz CT molecular complexity index is 1330. The Balaban J connectivity index is 1.57. The summed E-state index contributed by atoms with van der Waals surface area (Å²) in [5, 5.41) is 2.71. The lowest BCUT2D eigenvalue weighted by molar-refractivity contribution is -0.120. The van der Waals surface area contributed by atoms with Gasteiger partial charge in [0.1, 0.15) is 16.5 Å². The standard InChI is InChI=1S/C27H24ClN3O4/c1-4-30(21-10-5-7-17(2)15-21)25(32)18-8-6-9-19(16-18)29-24-23(28)26(33)31(27(24)34)20-11-13-22(35-3)14-12-20/h5-16,29H,4H2,1-3H3. The van der Waals surface area contributed by atoms with Gasteiger partial charge in [-0.15, -0.1) is 0 Å². The third-order valence-corrected chi connectivity index (χ3v) is 5.96. The second-order valence-corrected chi connectivity index (χ2v) is 8.30. The predicted octanol–water partition coefficient (Wildman–Crippen LogP) is 5.11. The highest BCUT2D eigenvalue weighted by Crippen LogP contribution is 2.31. The Morgan fingerprint density at radius 1 is 1.00 bits per heavy atom. The molecule has 8 heteroatoms. The number of ether oxygens (including phenoxy) is 1. The molecule has 3 aromatic carbocycles. The van der Waals surface area contributed by atoms with Gasteiger partial charge in [-0.25, -0.2) is 4.90 Å².